The smallest absolute Gasteiger partial charge is 0.191 e. The predicted molar refractivity (Wildman–Crippen MR) is 129 cm³/mol. The first-order chi connectivity index (χ1) is 14.1. The van der Waals surface area contributed by atoms with Crippen molar-refractivity contribution in [2.75, 3.05) is 40.9 Å². The molecule has 2 aromatic rings. The van der Waals surface area contributed by atoms with Crippen LogP contribution in [0.5, 0.6) is 11.5 Å². The van der Waals surface area contributed by atoms with Crippen molar-refractivity contribution in [2.24, 2.45) is 4.99 Å². The largest absolute Gasteiger partial charge is 0.493 e. The molecule has 0 aliphatic carbocycles. The average molecular weight is 528 g/mol. The third-order valence-electron chi connectivity index (χ3n) is 5.09. The first-order valence-corrected chi connectivity index (χ1v) is 9.78. The molecule has 0 bridgehead atoms. The van der Waals surface area contributed by atoms with E-state index in [1.807, 2.05) is 6.07 Å². The molecule has 0 unspecified atom stereocenters. The Morgan fingerprint density at radius 1 is 1.10 bits per heavy atom. The average Bonchev–Trinajstić information content (AvgIpc) is 2.75. The number of halogens is 2. The van der Waals surface area contributed by atoms with Crippen molar-refractivity contribution in [3.05, 3.63) is 58.9 Å². The van der Waals surface area contributed by atoms with E-state index in [-0.39, 0.29) is 29.8 Å². The standard InChI is InChI=1S/C22H29FN4O2.HI/c1-24-22(26-14-16-5-4-6-19(23)11-16)25-8-10-27-9-7-17-12-20(28-2)21(29-3)13-18(17)15-27;/h4-6,11-13H,7-10,14-15H2,1-3H3,(H2,24,25,26);1H. The summed E-state index contributed by atoms with van der Waals surface area (Å²) in [5.41, 5.74) is 3.48. The fourth-order valence-electron chi connectivity index (χ4n) is 3.52. The van der Waals surface area contributed by atoms with E-state index in [0.717, 1.165) is 49.7 Å². The molecule has 8 heteroatoms. The number of rotatable bonds is 7. The molecule has 0 fully saturated rings. The SMILES string of the molecule is CN=C(NCCN1CCc2cc(OC)c(OC)cc2C1)NCc1cccc(F)c1.I. The molecule has 1 aliphatic rings. The Bertz CT molecular complexity index is 863. The highest BCUT2D eigenvalue weighted by molar-refractivity contribution is 14.0. The van der Waals surface area contributed by atoms with E-state index in [2.05, 4.69) is 32.7 Å². The first kappa shape index (κ1) is 24.2. The molecule has 2 N–H and O–H groups in total. The van der Waals surface area contributed by atoms with Crippen LogP contribution in [-0.2, 0) is 19.5 Å². The molecule has 2 aromatic carbocycles. The zero-order chi connectivity index (χ0) is 20.6. The molecule has 0 radical (unpaired) electrons. The number of hydrogen-bond donors (Lipinski definition) is 2. The topological polar surface area (TPSA) is 58.1 Å². The van der Waals surface area contributed by atoms with E-state index in [1.165, 1.54) is 23.3 Å². The molecule has 0 saturated carbocycles. The highest BCUT2D eigenvalue weighted by atomic mass is 127. The van der Waals surface area contributed by atoms with Gasteiger partial charge in [0.15, 0.2) is 17.5 Å². The van der Waals surface area contributed by atoms with Gasteiger partial charge in [-0.3, -0.25) is 9.89 Å². The number of aliphatic imine (C=N–C) groups is 1. The quantitative estimate of drug-likeness (QED) is 0.329. The van der Waals surface area contributed by atoms with Gasteiger partial charge in [-0.1, -0.05) is 12.1 Å². The van der Waals surface area contributed by atoms with Gasteiger partial charge in [0.2, 0.25) is 0 Å². The van der Waals surface area contributed by atoms with Gasteiger partial charge >= 0.3 is 0 Å². The van der Waals surface area contributed by atoms with E-state index in [9.17, 15) is 4.39 Å². The Labute approximate surface area is 194 Å². The normalized spacial score (nSPS) is 13.8. The highest BCUT2D eigenvalue weighted by Crippen LogP contribution is 2.33. The first-order valence-electron chi connectivity index (χ1n) is 9.78. The van der Waals surface area contributed by atoms with Crippen LogP contribution in [0.15, 0.2) is 41.4 Å². The van der Waals surface area contributed by atoms with Gasteiger partial charge in [-0.2, -0.15) is 0 Å². The summed E-state index contributed by atoms with van der Waals surface area (Å²) in [7, 11) is 5.06. The third kappa shape index (κ3) is 6.46. The molecule has 30 heavy (non-hydrogen) atoms. The van der Waals surface area contributed by atoms with Crippen molar-refractivity contribution < 1.29 is 13.9 Å². The Balaban J connectivity index is 0.00000320. The number of fused-ring (bicyclic) bond motifs is 1. The summed E-state index contributed by atoms with van der Waals surface area (Å²) in [4.78, 5) is 6.64. The van der Waals surface area contributed by atoms with Gasteiger partial charge in [-0.05, 0) is 47.4 Å². The minimum absolute atomic E-state index is 0. The number of methoxy groups -OCH3 is 2. The van der Waals surface area contributed by atoms with Gasteiger partial charge in [0.1, 0.15) is 5.82 Å². The lowest BCUT2D eigenvalue weighted by atomic mass is 9.99. The highest BCUT2D eigenvalue weighted by Gasteiger charge is 2.19. The van der Waals surface area contributed by atoms with Crippen molar-refractivity contribution in [3.8, 4) is 11.5 Å². The van der Waals surface area contributed by atoms with Crippen molar-refractivity contribution in [1.29, 1.82) is 0 Å². The van der Waals surface area contributed by atoms with Crippen LogP contribution in [0.3, 0.4) is 0 Å². The molecule has 0 atom stereocenters. The summed E-state index contributed by atoms with van der Waals surface area (Å²) >= 11 is 0. The second-order valence-electron chi connectivity index (χ2n) is 6.98. The summed E-state index contributed by atoms with van der Waals surface area (Å²) in [5.74, 6) is 2.03. The lowest BCUT2D eigenvalue weighted by molar-refractivity contribution is 0.256. The monoisotopic (exact) mass is 528 g/mol. The molecule has 1 aliphatic heterocycles. The summed E-state index contributed by atoms with van der Waals surface area (Å²) in [5, 5.41) is 6.54. The van der Waals surface area contributed by atoms with Crippen LogP contribution in [-0.4, -0.2) is 51.8 Å². The fourth-order valence-corrected chi connectivity index (χ4v) is 3.52. The Kier molecular flexibility index (Phi) is 9.64. The van der Waals surface area contributed by atoms with Crippen LogP contribution in [0.2, 0.25) is 0 Å². The number of benzene rings is 2. The van der Waals surface area contributed by atoms with Crippen LogP contribution in [0.4, 0.5) is 4.39 Å². The lowest BCUT2D eigenvalue weighted by Crippen LogP contribution is -2.42. The fraction of sp³-hybridized carbons (Fsp3) is 0.409. The van der Waals surface area contributed by atoms with Crippen LogP contribution < -0.4 is 20.1 Å². The third-order valence-corrected chi connectivity index (χ3v) is 5.09. The lowest BCUT2D eigenvalue weighted by Gasteiger charge is -2.29. The minimum Gasteiger partial charge on any atom is -0.493 e. The van der Waals surface area contributed by atoms with Crippen LogP contribution in [0, 0.1) is 5.82 Å². The zero-order valence-corrected chi connectivity index (χ0v) is 20.0. The maximum Gasteiger partial charge on any atom is 0.191 e. The van der Waals surface area contributed by atoms with Gasteiger partial charge in [0, 0.05) is 39.8 Å². The Hall–Kier alpha value is -2.07. The second-order valence-corrected chi connectivity index (χ2v) is 6.98. The molecule has 0 saturated heterocycles. The summed E-state index contributed by atoms with van der Waals surface area (Å²) in [6.07, 6.45) is 0.988. The van der Waals surface area contributed by atoms with Gasteiger partial charge in [0.05, 0.1) is 14.2 Å². The number of ether oxygens (including phenoxy) is 2. The molecule has 3 rings (SSSR count). The number of nitrogens with zero attached hydrogens (tertiary/aromatic N) is 2. The molecule has 1 heterocycles. The van der Waals surface area contributed by atoms with Crippen LogP contribution in [0.1, 0.15) is 16.7 Å². The molecule has 0 spiro atoms. The zero-order valence-electron chi connectivity index (χ0n) is 17.7. The van der Waals surface area contributed by atoms with E-state index < -0.39 is 0 Å². The van der Waals surface area contributed by atoms with Crippen molar-refractivity contribution in [3.63, 3.8) is 0 Å². The summed E-state index contributed by atoms with van der Waals surface area (Å²) in [6, 6.07) is 10.7. The number of guanidine groups is 1. The Morgan fingerprint density at radius 2 is 1.83 bits per heavy atom. The van der Waals surface area contributed by atoms with Gasteiger partial charge in [-0.25, -0.2) is 4.39 Å². The Morgan fingerprint density at radius 3 is 2.50 bits per heavy atom. The van der Waals surface area contributed by atoms with Crippen molar-refractivity contribution >= 4 is 29.9 Å². The second kappa shape index (κ2) is 11.9. The minimum atomic E-state index is -0.230. The van der Waals surface area contributed by atoms with E-state index in [4.69, 9.17) is 9.47 Å². The molecule has 0 amide bonds. The molecular weight excluding hydrogens is 498 g/mol. The van der Waals surface area contributed by atoms with Crippen LogP contribution >= 0.6 is 24.0 Å². The summed E-state index contributed by atoms with van der Waals surface area (Å²) in [6.45, 7) is 4.07. The van der Waals surface area contributed by atoms with Crippen molar-refractivity contribution in [2.45, 2.75) is 19.5 Å². The van der Waals surface area contributed by atoms with E-state index in [0.29, 0.717) is 12.5 Å². The predicted octanol–water partition coefficient (Wildman–Crippen LogP) is 3.18. The molecule has 0 aromatic heterocycles. The number of nitrogens with one attached hydrogen (secondary N) is 2. The van der Waals surface area contributed by atoms with Gasteiger partial charge < -0.3 is 20.1 Å². The maximum atomic E-state index is 13.3. The van der Waals surface area contributed by atoms with E-state index >= 15 is 0 Å². The molecule has 6 nitrogen and oxygen atoms in total. The number of hydrogen-bond acceptors (Lipinski definition) is 4. The van der Waals surface area contributed by atoms with E-state index in [1.54, 1.807) is 27.3 Å². The van der Waals surface area contributed by atoms with Crippen molar-refractivity contribution in [1.82, 2.24) is 15.5 Å². The molecule has 164 valence electrons. The molecular formula is C22H30FIN4O2. The maximum absolute atomic E-state index is 13.3. The van der Waals surface area contributed by atoms with Gasteiger partial charge in [-0.15, -0.1) is 24.0 Å². The van der Waals surface area contributed by atoms with Gasteiger partial charge in [0.25, 0.3) is 0 Å². The summed E-state index contributed by atoms with van der Waals surface area (Å²) < 4.78 is 24.1. The van der Waals surface area contributed by atoms with Crippen LogP contribution in [0.25, 0.3) is 0 Å².